The summed E-state index contributed by atoms with van der Waals surface area (Å²) in [5.41, 5.74) is 5.51. The van der Waals surface area contributed by atoms with Crippen LogP contribution >= 0.6 is 0 Å². The third kappa shape index (κ3) is 2.88. The Balaban J connectivity index is 2.29. The second-order valence-electron chi connectivity index (χ2n) is 3.88. The van der Waals surface area contributed by atoms with Gasteiger partial charge in [0.2, 0.25) is 10.0 Å². The second-order valence-corrected chi connectivity index (χ2v) is 5.62. The lowest BCUT2D eigenvalue weighted by Crippen LogP contribution is -2.25. The summed E-state index contributed by atoms with van der Waals surface area (Å²) in [4.78, 5) is 3.59. The van der Waals surface area contributed by atoms with Gasteiger partial charge in [-0.05, 0) is 19.1 Å². The molecule has 9 heteroatoms. The summed E-state index contributed by atoms with van der Waals surface area (Å²) in [6.07, 6.45) is 1.26. The van der Waals surface area contributed by atoms with Crippen LogP contribution < -0.4 is 10.5 Å². The topological polar surface area (TPSA) is 114 Å². The average Bonchev–Trinajstić information content (AvgIpc) is 2.84. The van der Waals surface area contributed by atoms with Crippen molar-refractivity contribution in [3.05, 3.63) is 35.7 Å². The number of anilines is 1. The standard InChI is InChI=1S/C10H12FN5O2S/c1-6-8(11)2-7(12)3-9(6)19(17,18)15-4-10-13-5-14-16-10/h2-3,5,15H,4,12H2,1H3,(H,13,14,16). The fourth-order valence-electron chi connectivity index (χ4n) is 1.51. The number of aromatic nitrogens is 3. The number of nitrogens with zero attached hydrogens (tertiary/aromatic N) is 2. The predicted octanol–water partition coefficient (Wildman–Crippen LogP) is 0.313. The van der Waals surface area contributed by atoms with Gasteiger partial charge in [0.15, 0.2) is 0 Å². The number of rotatable bonds is 4. The lowest BCUT2D eigenvalue weighted by Gasteiger charge is -2.10. The number of sulfonamides is 1. The number of benzene rings is 1. The van der Waals surface area contributed by atoms with Gasteiger partial charge in [-0.25, -0.2) is 22.5 Å². The number of aromatic amines is 1. The average molecular weight is 285 g/mol. The van der Waals surface area contributed by atoms with Gasteiger partial charge in [-0.15, -0.1) is 0 Å². The van der Waals surface area contributed by atoms with E-state index in [1.807, 2.05) is 0 Å². The molecule has 0 atom stereocenters. The Morgan fingerprint density at radius 1 is 1.47 bits per heavy atom. The van der Waals surface area contributed by atoms with Crippen molar-refractivity contribution in [2.24, 2.45) is 0 Å². The van der Waals surface area contributed by atoms with Crippen LogP contribution in [-0.4, -0.2) is 23.6 Å². The van der Waals surface area contributed by atoms with Crippen molar-refractivity contribution in [1.82, 2.24) is 19.9 Å². The third-order valence-corrected chi connectivity index (χ3v) is 4.03. The van der Waals surface area contributed by atoms with Gasteiger partial charge in [0, 0.05) is 11.3 Å². The first-order chi connectivity index (χ1) is 8.90. The summed E-state index contributed by atoms with van der Waals surface area (Å²) in [6.45, 7) is 1.30. The van der Waals surface area contributed by atoms with E-state index in [0.717, 1.165) is 6.07 Å². The number of nitrogens with one attached hydrogen (secondary N) is 2. The minimum absolute atomic E-state index is 0.0132. The van der Waals surface area contributed by atoms with Crippen molar-refractivity contribution >= 4 is 15.7 Å². The SMILES string of the molecule is Cc1c(F)cc(N)cc1S(=O)(=O)NCc1ncn[nH]1. The summed E-state index contributed by atoms with van der Waals surface area (Å²) < 4.78 is 39.9. The molecule has 1 aromatic carbocycles. The van der Waals surface area contributed by atoms with Crippen molar-refractivity contribution in [2.45, 2.75) is 18.4 Å². The molecular formula is C10H12FN5O2S. The van der Waals surface area contributed by atoms with Gasteiger partial charge in [0.05, 0.1) is 11.4 Å². The molecule has 0 radical (unpaired) electrons. The largest absolute Gasteiger partial charge is 0.399 e. The minimum Gasteiger partial charge on any atom is -0.399 e. The van der Waals surface area contributed by atoms with E-state index in [1.165, 1.54) is 19.3 Å². The van der Waals surface area contributed by atoms with Crippen molar-refractivity contribution < 1.29 is 12.8 Å². The van der Waals surface area contributed by atoms with Gasteiger partial charge in [-0.1, -0.05) is 0 Å². The molecule has 0 aliphatic heterocycles. The molecule has 0 saturated carbocycles. The van der Waals surface area contributed by atoms with Crippen LogP contribution in [0.15, 0.2) is 23.4 Å². The summed E-state index contributed by atoms with van der Waals surface area (Å²) in [6, 6.07) is 2.28. The molecule has 7 nitrogen and oxygen atoms in total. The van der Waals surface area contributed by atoms with Crippen LogP contribution in [0.3, 0.4) is 0 Å². The molecule has 0 aliphatic carbocycles. The summed E-state index contributed by atoms with van der Waals surface area (Å²) >= 11 is 0. The van der Waals surface area contributed by atoms with E-state index in [4.69, 9.17) is 5.73 Å². The molecule has 0 saturated heterocycles. The summed E-state index contributed by atoms with van der Waals surface area (Å²) in [7, 11) is -3.87. The van der Waals surface area contributed by atoms with Crippen LogP contribution in [0.5, 0.6) is 0 Å². The van der Waals surface area contributed by atoms with Crippen LogP contribution in [0, 0.1) is 12.7 Å². The van der Waals surface area contributed by atoms with Crippen LogP contribution in [0.1, 0.15) is 11.4 Å². The number of hydrogen-bond donors (Lipinski definition) is 3. The molecule has 0 aliphatic rings. The van der Waals surface area contributed by atoms with E-state index in [2.05, 4.69) is 19.9 Å². The molecule has 1 heterocycles. The van der Waals surface area contributed by atoms with E-state index in [9.17, 15) is 12.8 Å². The molecule has 2 rings (SSSR count). The lowest BCUT2D eigenvalue weighted by molar-refractivity contribution is 0.573. The number of hydrogen-bond acceptors (Lipinski definition) is 5. The van der Waals surface area contributed by atoms with E-state index in [1.54, 1.807) is 0 Å². The predicted molar refractivity (Wildman–Crippen MR) is 66.0 cm³/mol. The van der Waals surface area contributed by atoms with Gasteiger partial charge >= 0.3 is 0 Å². The Hall–Kier alpha value is -2.00. The van der Waals surface area contributed by atoms with Gasteiger partial charge in [-0.2, -0.15) is 5.10 Å². The Morgan fingerprint density at radius 2 is 2.21 bits per heavy atom. The first kappa shape index (κ1) is 13.4. The smallest absolute Gasteiger partial charge is 0.241 e. The van der Waals surface area contributed by atoms with E-state index >= 15 is 0 Å². The molecule has 0 spiro atoms. The maximum absolute atomic E-state index is 13.5. The van der Waals surface area contributed by atoms with Crippen molar-refractivity contribution in [1.29, 1.82) is 0 Å². The first-order valence-electron chi connectivity index (χ1n) is 5.29. The maximum Gasteiger partial charge on any atom is 0.241 e. The van der Waals surface area contributed by atoms with Crippen LogP contribution in [-0.2, 0) is 16.6 Å². The molecule has 0 bridgehead atoms. The van der Waals surface area contributed by atoms with Gasteiger partial charge in [0.1, 0.15) is 18.0 Å². The molecule has 19 heavy (non-hydrogen) atoms. The van der Waals surface area contributed by atoms with Crippen LogP contribution in [0.25, 0.3) is 0 Å². The molecule has 0 fully saturated rings. The summed E-state index contributed by atoms with van der Waals surface area (Å²) in [5, 5.41) is 6.10. The summed E-state index contributed by atoms with van der Waals surface area (Å²) in [5.74, 6) is -0.314. The monoisotopic (exact) mass is 285 g/mol. The normalized spacial score (nSPS) is 11.7. The van der Waals surface area contributed by atoms with Crippen LogP contribution in [0.2, 0.25) is 0 Å². The number of nitrogen functional groups attached to an aromatic ring is 1. The zero-order valence-electron chi connectivity index (χ0n) is 10.0. The van der Waals surface area contributed by atoms with Crippen LogP contribution in [0.4, 0.5) is 10.1 Å². The first-order valence-corrected chi connectivity index (χ1v) is 6.78. The Kier molecular flexibility index (Phi) is 3.49. The molecular weight excluding hydrogens is 273 g/mol. The van der Waals surface area contributed by atoms with Crippen molar-refractivity contribution in [3.8, 4) is 0 Å². The molecule has 102 valence electrons. The molecule has 1 aromatic heterocycles. The maximum atomic E-state index is 13.5. The fourth-order valence-corrected chi connectivity index (χ4v) is 2.78. The molecule has 4 N–H and O–H groups in total. The highest BCUT2D eigenvalue weighted by Gasteiger charge is 2.20. The molecule has 2 aromatic rings. The van der Waals surface area contributed by atoms with Gasteiger partial charge in [-0.3, -0.25) is 5.10 Å². The van der Waals surface area contributed by atoms with Crippen molar-refractivity contribution in [3.63, 3.8) is 0 Å². The number of H-pyrrole nitrogens is 1. The van der Waals surface area contributed by atoms with Gasteiger partial charge < -0.3 is 5.73 Å². The van der Waals surface area contributed by atoms with E-state index in [-0.39, 0.29) is 22.7 Å². The highest BCUT2D eigenvalue weighted by atomic mass is 32.2. The number of nitrogens with two attached hydrogens (primary N) is 1. The number of halogens is 1. The highest BCUT2D eigenvalue weighted by molar-refractivity contribution is 7.89. The zero-order valence-corrected chi connectivity index (χ0v) is 10.8. The quantitative estimate of drug-likeness (QED) is 0.700. The minimum atomic E-state index is -3.87. The van der Waals surface area contributed by atoms with Crippen molar-refractivity contribution in [2.75, 3.05) is 5.73 Å². The fraction of sp³-hybridized carbons (Fsp3) is 0.200. The second kappa shape index (κ2) is 4.94. The Labute approximate surface area is 109 Å². The Bertz CT molecular complexity index is 684. The highest BCUT2D eigenvalue weighted by Crippen LogP contribution is 2.21. The lowest BCUT2D eigenvalue weighted by atomic mass is 10.2. The van der Waals surface area contributed by atoms with E-state index in [0.29, 0.717) is 5.82 Å². The van der Waals surface area contributed by atoms with E-state index < -0.39 is 15.8 Å². The zero-order chi connectivity index (χ0) is 14.0. The van der Waals surface area contributed by atoms with Gasteiger partial charge in [0.25, 0.3) is 0 Å². The third-order valence-electron chi connectivity index (χ3n) is 2.50. The Morgan fingerprint density at radius 3 is 2.84 bits per heavy atom. The molecule has 0 unspecified atom stereocenters. The molecule has 0 amide bonds.